The standard InChI is InChI=1S/C17H14Cl2F3N3O3/c18-12-5-10(6-13(19)15(12)27)16(28-23)25-8-14(26)24-7-9-1-3-11(4-2-9)17(20,21)22/h1-6,27H,7-8,23H2,(H,24,26). The number of aromatic hydroxyl groups is 1. The highest BCUT2D eigenvalue weighted by Gasteiger charge is 2.29. The molecule has 0 radical (unpaired) electrons. The normalized spacial score (nSPS) is 12.0. The average Bonchev–Trinajstić information content (AvgIpc) is 2.64. The van der Waals surface area contributed by atoms with Crippen molar-refractivity contribution in [2.45, 2.75) is 12.7 Å². The second-order valence-corrected chi connectivity index (χ2v) is 6.31. The van der Waals surface area contributed by atoms with E-state index in [0.29, 0.717) is 5.56 Å². The summed E-state index contributed by atoms with van der Waals surface area (Å²) in [5, 5.41) is 11.9. The van der Waals surface area contributed by atoms with Gasteiger partial charge in [0, 0.05) is 12.1 Å². The van der Waals surface area contributed by atoms with Gasteiger partial charge in [0.05, 0.1) is 15.6 Å². The molecule has 0 unspecified atom stereocenters. The molecule has 0 heterocycles. The first-order chi connectivity index (χ1) is 13.1. The van der Waals surface area contributed by atoms with Crippen molar-refractivity contribution in [3.63, 3.8) is 0 Å². The second kappa shape index (κ2) is 9.13. The zero-order valence-electron chi connectivity index (χ0n) is 14.1. The third kappa shape index (κ3) is 5.75. The first kappa shape index (κ1) is 21.8. The number of benzene rings is 2. The number of nitrogens with zero attached hydrogens (tertiary/aromatic N) is 1. The molecular formula is C17H14Cl2F3N3O3. The van der Waals surface area contributed by atoms with Crippen LogP contribution in [-0.2, 0) is 22.4 Å². The fraction of sp³-hybridized carbons (Fsp3) is 0.176. The zero-order valence-corrected chi connectivity index (χ0v) is 15.6. The number of hydrogen-bond donors (Lipinski definition) is 3. The van der Waals surface area contributed by atoms with Crippen LogP contribution in [0.5, 0.6) is 5.75 Å². The number of rotatable bonds is 5. The van der Waals surface area contributed by atoms with E-state index in [4.69, 9.17) is 29.1 Å². The number of halogens is 5. The monoisotopic (exact) mass is 435 g/mol. The average molecular weight is 436 g/mol. The van der Waals surface area contributed by atoms with Crippen LogP contribution in [0, 0.1) is 0 Å². The quantitative estimate of drug-likeness (QED) is 0.379. The molecule has 0 atom stereocenters. The Morgan fingerprint density at radius 3 is 2.25 bits per heavy atom. The highest BCUT2D eigenvalue weighted by Crippen LogP contribution is 2.33. The minimum Gasteiger partial charge on any atom is -0.505 e. The molecule has 150 valence electrons. The summed E-state index contributed by atoms with van der Waals surface area (Å²) >= 11 is 11.6. The molecule has 1 amide bonds. The van der Waals surface area contributed by atoms with Crippen molar-refractivity contribution in [2.75, 3.05) is 6.54 Å². The van der Waals surface area contributed by atoms with Crippen molar-refractivity contribution in [3.05, 3.63) is 63.1 Å². The predicted molar refractivity (Wildman–Crippen MR) is 98.1 cm³/mol. The van der Waals surface area contributed by atoms with Gasteiger partial charge in [-0.1, -0.05) is 35.3 Å². The van der Waals surface area contributed by atoms with Gasteiger partial charge in [-0.2, -0.15) is 19.1 Å². The lowest BCUT2D eigenvalue weighted by molar-refractivity contribution is -0.137. The van der Waals surface area contributed by atoms with Crippen LogP contribution in [0.25, 0.3) is 0 Å². The van der Waals surface area contributed by atoms with Crippen LogP contribution in [0.4, 0.5) is 13.2 Å². The van der Waals surface area contributed by atoms with Gasteiger partial charge in [-0.15, -0.1) is 0 Å². The minimum absolute atomic E-state index is 0.0160. The van der Waals surface area contributed by atoms with E-state index in [1.165, 1.54) is 24.3 Å². The molecule has 28 heavy (non-hydrogen) atoms. The summed E-state index contributed by atoms with van der Waals surface area (Å²) in [6.07, 6.45) is -4.42. The molecule has 0 aliphatic carbocycles. The number of carbonyl (C=O) groups excluding carboxylic acids is 1. The van der Waals surface area contributed by atoms with Gasteiger partial charge in [0.2, 0.25) is 11.8 Å². The lowest BCUT2D eigenvalue weighted by atomic mass is 10.1. The number of nitrogens with one attached hydrogen (secondary N) is 1. The van der Waals surface area contributed by atoms with Gasteiger partial charge in [0.15, 0.2) is 5.75 Å². The Hall–Kier alpha value is -2.49. The molecular weight excluding hydrogens is 422 g/mol. The number of alkyl halides is 3. The van der Waals surface area contributed by atoms with E-state index >= 15 is 0 Å². The zero-order chi connectivity index (χ0) is 20.9. The second-order valence-electron chi connectivity index (χ2n) is 5.50. The summed E-state index contributed by atoms with van der Waals surface area (Å²) in [7, 11) is 0. The van der Waals surface area contributed by atoms with Crippen LogP contribution >= 0.6 is 23.2 Å². The topological polar surface area (TPSA) is 96.9 Å². The van der Waals surface area contributed by atoms with Gasteiger partial charge < -0.3 is 15.3 Å². The summed E-state index contributed by atoms with van der Waals surface area (Å²) in [6.45, 7) is -0.356. The largest absolute Gasteiger partial charge is 0.505 e. The lowest BCUT2D eigenvalue weighted by Gasteiger charge is -2.09. The summed E-state index contributed by atoms with van der Waals surface area (Å²) in [4.78, 5) is 20.4. The Balaban J connectivity index is 1.98. The molecule has 11 heteroatoms. The molecule has 0 aliphatic rings. The van der Waals surface area contributed by atoms with Gasteiger partial charge in [0.25, 0.3) is 0 Å². The minimum atomic E-state index is -4.42. The van der Waals surface area contributed by atoms with E-state index in [0.717, 1.165) is 12.1 Å². The fourth-order valence-electron chi connectivity index (χ4n) is 2.10. The SMILES string of the molecule is NOC(=NCC(=O)NCc1ccc(C(F)(F)F)cc1)c1cc(Cl)c(O)c(Cl)c1. The van der Waals surface area contributed by atoms with Crippen molar-refractivity contribution >= 4 is 35.0 Å². The van der Waals surface area contributed by atoms with Crippen LogP contribution < -0.4 is 11.2 Å². The van der Waals surface area contributed by atoms with Crippen LogP contribution in [0.2, 0.25) is 10.0 Å². The molecule has 0 spiro atoms. The summed E-state index contributed by atoms with van der Waals surface area (Å²) in [5.74, 6) is 4.15. The van der Waals surface area contributed by atoms with Crippen LogP contribution in [0.1, 0.15) is 16.7 Å². The molecule has 6 nitrogen and oxygen atoms in total. The van der Waals surface area contributed by atoms with Gasteiger partial charge in [-0.25, -0.2) is 4.99 Å². The number of nitrogens with two attached hydrogens (primary N) is 1. The Labute approximate surface area is 167 Å². The van der Waals surface area contributed by atoms with Crippen molar-refractivity contribution in [2.24, 2.45) is 10.9 Å². The van der Waals surface area contributed by atoms with Crippen LogP contribution in [0.3, 0.4) is 0 Å². The molecule has 0 aliphatic heterocycles. The number of hydrogen-bond acceptors (Lipinski definition) is 5. The molecule has 0 aromatic heterocycles. The highest BCUT2D eigenvalue weighted by molar-refractivity contribution is 6.37. The van der Waals surface area contributed by atoms with Crippen molar-refractivity contribution in [1.29, 1.82) is 0 Å². The summed E-state index contributed by atoms with van der Waals surface area (Å²) in [5.41, 5.74) is -0.0494. The molecule has 0 bridgehead atoms. The number of phenols is 1. The number of aliphatic imine (C=N–C) groups is 1. The van der Waals surface area contributed by atoms with E-state index in [2.05, 4.69) is 15.1 Å². The molecule has 4 N–H and O–H groups in total. The maximum absolute atomic E-state index is 12.5. The first-order valence-electron chi connectivity index (χ1n) is 7.64. The molecule has 2 rings (SSSR count). The Kier molecular flexibility index (Phi) is 7.11. The van der Waals surface area contributed by atoms with Gasteiger partial charge >= 0.3 is 6.18 Å². The number of amides is 1. The van der Waals surface area contributed by atoms with Crippen LogP contribution in [-0.4, -0.2) is 23.5 Å². The van der Waals surface area contributed by atoms with Crippen molar-refractivity contribution in [1.82, 2.24) is 5.32 Å². The van der Waals surface area contributed by atoms with E-state index in [9.17, 15) is 23.1 Å². The third-order valence-corrected chi connectivity index (χ3v) is 4.09. The first-order valence-corrected chi connectivity index (χ1v) is 8.39. The Morgan fingerprint density at radius 2 is 1.75 bits per heavy atom. The summed E-state index contributed by atoms with van der Waals surface area (Å²) < 4.78 is 37.6. The molecule has 2 aromatic rings. The van der Waals surface area contributed by atoms with Gasteiger partial charge in [-0.3, -0.25) is 4.79 Å². The maximum Gasteiger partial charge on any atom is 0.416 e. The van der Waals surface area contributed by atoms with Gasteiger partial charge in [0.1, 0.15) is 6.54 Å². The Bertz CT molecular complexity index is 864. The van der Waals surface area contributed by atoms with Gasteiger partial charge in [-0.05, 0) is 29.8 Å². The van der Waals surface area contributed by atoms with Crippen LogP contribution in [0.15, 0.2) is 41.4 Å². The fourth-order valence-corrected chi connectivity index (χ4v) is 2.58. The predicted octanol–water partition coefficient (Wildman–Crippen LogP) is 3.67. The highest BCUT2D eigenvalue weighted by atomic mass is 35.5. The van der Waals surface area contributed by atoms with Crippen molar-refractivity contribution < 1.29 is 27.9 Å². The lowest BCUT2D eigenvalue weighted by Crippen LogP contribution is -2.26. The molecule has 2 aromatic carbocycles. The number of phenolic OH excluding ortho intramolecular Hbond substituents is 1. The molecule has 0 saturated heterocycles. The molecule has 0 fully saturated rings. The smallest absolute Gasteiger partial charge is 0.416 e. The van der Waals surface area contributed by atoms with E-state index < -0.39 is 17.6 Å². The van der Waals surface area contributed by atoms with E-state index in [-0.39, 0.29) is 40.3 Å². The summed E-state index contributed by atoms with van der Waals surface area (Å²) in [6, 6.07) is 6.99. The Morgan fingerprint density at radius 1 is 1.18 bits per heavy atom. The van der Waals surface area contributed by atoms with E-state index in [1.807, 2.05) is 0 Å². The number of carbonyl (C=O) groups is 1. The molecule has 0 saturated carbocycles. The third-order valence-electron chi connectivity index (χ3n) is 3.51. The maximum atomic E-state index is 12.5. The van der Waals surface area contributed by atoms with Crippen molar-refractivity contribution in [3.8, 4) is 5.75 Å². The van der Waals surface area contributed by atoms with E-state index in [1.54, 1.807) is 0 Å².